The van der Waals surface area contributed by atoms with Crippen molar-refractivity contribution < 1.29 is 9.47 Å². The molecule has 0 saturated heterocycles. The predicted octanol–water partition coefficient (Wildman–Crippen LogP) is 2.08. The fourth-order valence-electron chi connectivity index (χ4n) is 2.56. The zero-order valence-electron chi connectivity index (χ0n) is 15.2. The van der Waals surface area contributed by atoms with Crippen LogP contribution in [0, 0.1) is 0 Å². The van der Waals surface area contributed by atoms with Gasteiger partial charge in [0.05, 0.1) is 20.8 Å². The maximum absolute atomic E-state index is 6.08. The number of nitrogen functional groups attached to an aromatic ring is 1. The van der Waals surface area contributed by atoms with Crippen LogP contribution < -0.4 is 20.5 Å². The number of pyridine rings is 1. The van der Waals surface area contributed by atoms with Crippen molar-refractivity contribution in [2.75, 3.05) is 31.8 Å². The van der Waals surface area contributed by atoms with Gasteiger partial charge in [-0.25, -0.2) is 4.98 Å². The smallest absolute Gasteiger partial charge is 0.298 e. The number of nitrogens with zero attached hydrogens (tertiary/aromatic N) is 5. The number of methoxy groups -OCH3 is 2. The molecule has 3 N–H and O–H groups in total. The van der Waals surface area contributed by atoms with Crippen LogP contribution in [0.1, 0.15) is 25.3 Å². The zero-order valence-corrected chi connectivity index (χ0v) is 15.2. The summed E-state index contributed by atoms with van der Waals surface area (Å²) >= 11 is 0. The number of fused-ring (bicyclic) bond motifs is 1. The first-order valence-corrected chi connectivity index (χ1v) is 8.46. The Labute approximate surface area is 151 Å². The lowest BCUT2D eigenvalue weighted by molar-refractivity contribution is 0.363. The Morgan fingerprint density at radius 1 is 1.15 bits per heavy atom. The molecular weight excluding hydrogens is 334 g/mol. The summed E-state index contributed by atoms with van der Waals surface area (Å²) in [4.78, 5) is 17.5. The summed E-state index contributed by atoms with van der Waals surface area (Å²) in [6.45, 7) is 3.40. The summed E-state index contributed by atoms with van der Waals surface area (Å²) in [5.74, 6) is 1.36. The van der Waals surface area contributed by atoms with Crippen molar-refractivity contribution in [2.45, 2.75) is 26.3 Å². The Morgan fingerprint density at radius 3 is 2.65 bits per heavy atom. The second kappa shape index (κ2) is 7.85. The van der Waals surface area contributed by atoms with E-state index >= 15 is 0 Å². The number of anilines is 2. The topological polar surface area (TPSA) is 113 Å². The Hall–Kier alpha value is -3.10. The van der Waals surface area contributed by atoms with Crippen LogP contribution in [-0.4, -0.2) is 45.3 Å². The van der Waals surface area contributed by atoms with Crippen LogP contribution >= 0.6 is 0 Å². The molecule has 3 heterocycles. The van der Waals surface area contributed by atoms with Crippen LogP contribution in [0.5, 0.6) is 11.9 Å². The van der Waals surface area contributed by atoms with Crippen LogP contribution in [0.2, 0.25) is 0 Å². The predicted molar refractivity (Wildman–Crippen MR) is 99.6 cm³/mol. The number of rotatable bonds is 8. The van der Waals surface area contributed by atoms with Crippen LogP contribution in [0.15, 0.2) is 18.3 Å². The van der Waals surface area contributed by atoms with Gasteiger partial charge >= 0.3 is 0 Å². The third-order valence-corrected chi connectivity index (χ3v) is 3.93. The van der Waals surface area contributed by atoms with Crippen LogP contribution in [-0.2, 0) is 6.54 Å². The van der Waals surface area contributed by atoms with Crippen molar-refractivity contribution >= 4 is 22.9 Å². The van der Waals surface area contributed by atoms with E-state index in [2.05, 4.69) is 32.2 Å². The quantitative estimate of drug-likeness (QED) is 0.589. The molecule has 0 aromatic carbocycles. The number of nitrogens with two attached hydrogens (primary N) is 1. The molecule has 0 aliphatic rings. The molecule has 9 heteroatoms. The third-order valence-electron chi connectivity index (χ3n) is 3.93. The van der Waals surface area contributed by atoms with E-state index in [1.165, 1.54) is 0 Å². The molecule has 3 aromatic rings. The van der Waals surface area contributed by atoms with Crippen molar-refractivity contribution in [3.05, 3.63) is 23.9 Å². The summed E-state index contributed by atoms with van der Waals surface area (Å²) in [5.41, 5.74) is 8.17. The molecule has 9 nitrogen and oxygen atoms in total. The molecular formula is C17H23N7O2. The van der Waals surface area contributed by atoms with E-state index in [1.54, 1.807) is 20.4 Å². The monoisotopic (exact) mass is 357 g/mol. The van der Waals surface area contributed by atoms with Crippen molar-refractivity contribution in [3.63, 3.8) is 0 Å². The largest absolute Gasteiger partial charge is 0.481 e. The van der Waals surface area contributed by atoms with Crippen molar-refractivity contribution in [1.82, 2.24) is 24.5 Å². The van der Waals surface area contributed by atoms with E-state index in [0.717, 1.165) is 24.9 Å². The maximum Gasteiger partial charge on any atom is 0.298 e. The molecule has 0 fully saturated rings. The number of imidazole rings is 1. The average molecular weight is 357 g/mol. The van der Waals surface area contributed by atoms with Crippen LogP contribution in [0.4, 0.5) is 11.8 Å². The van der Waals surface area contributed by atoms with Gasteiger partial charge in [0, 0.05) is 18.8 Å². The minimum Gasteiger partial charge on any atom is -0.481 e. The normalized spacial score (nSPS) is 10.9. The number of unbranched alkanes of at least 4 members (excludes halogenated alkanes) is 1. The van der Waals surface area contributed by atoms with E-state index in [0.29, 0.717) is 41.4 Å². The number of aromatic nitrogens is 5. The molecule has 0 amide bonds. The van der Waals surface area contributed by atoms with Gasteiger partial charge in [0.15, 0.2) is 17.0 Å². The maximum atomic E-state index is 6.08. The SMILES string of the molecule is CCCCNc1nc(N)c2nc(OC)n(Cc3ccc(OC)nc3)c2n1. The van der Waals surface area contributed by atoms with E-state index in [1.807, 2.05) is 16.7 Å². The highest BCUT2D eigenvalue weighted by Gasteiger charge is 2.17. The molecule has 0 saturated carbocycles. The molecule has 0 radical (unpaired) electrons. The Morgan fingerprint density at radius 2 is 2.00 bits per heavy atom. The fourth-order valence-corrected chi connectivity index (χ4v) is 2.56. The van der Waals surface area contributed by atoms with Gasteiger partial charge in [0.25, 0.3) is 6.01 Å². The highest BCUT2D eigenvalue weighted by Crippen LogP contribution is 2.25. The van der Waals surface area contributed by atoms with Crippen LogP contribution in [0.25, 0.3) is 11.2 Å². The molecule has 138 valence electrons. The number of hydrogen-bond acceptors (Lipinski definition) is 8. The highest BCUT2D eigenvalue weighted by atomic mass is 16.5. The van der Waals surface area contributed by atoms with Crippen molar-refractivity contribution in [2.24, 2.45) is 0 Å². The minimum absolute atomic E-state index is 0.318. The first-order chi connectivity index (χ1) is 12.7. The van der Waals surface area contributed by atoms with Gasteiger partial charge in [-0.1, -0.05) is 19.4 Å². The lowest BCUT2D eigenvalue weighted by Crippen LogP contribution is -2.09. The molecule has 0 aliphatic carbocycles. The van der Waals surface area contributed by atoms with E-state index < -0.39 is 0 Å². The number of ether oxygens (including phenoxy) is 2. The van der Waals surface area contributed by atoms with Gasteiger partial charge < -0.3 is 20.5 Å². The number of nitrogens with one attached hydrogen (secondary N) is 1. The second-order valence-electron chi connectivity index (χ2n) is 5.78. The Balaban J connectivity index is 1.98. The third kappa shape index (κ3) is 3.61. The van der Waals surface area contributed by atoms with Gasteiger partial charge in [-0.15, -0.1) is 0 Å². The van der Waals surface area contributed by atoms with E-state index in [9.17, 15) is 0 Å². The van der Waals surface area contributed by atoms with Gasteiger partial charge in [0.2, 0.25) is 11.8 Å². The van der Waals surface area contributed by atoms with Crippen molar-refractivity contribution in [3.8, 4) is 11.9 Å². The summed E-state index contributed by atoms with van der Waals surface area (Å²) < 4.78 is 12.4. The molecule has 0 aliphatic heterocycles. The first kappa shape index (κ1) is 17.7. The average Bonchev–Trinajstić information content (AvgIpc) is 3.01. The molecule has 0 atom stereocenters. The summed E-state index contributed by atoms with van der Waals surface area (Å²) in [5, 5.41) is 3.20. The van der Waals surface area contributed by atoms with Gasteiger partial charge in [-0.05, 0) is 12.0 Å². The molecule has 26 heavy (non-hydrogen) atoms. The van der Waals surface area contributed by atoms with Gasteiger partial charge in [-0.3, -0.25) is 4.57 Å². The van der Waals surface area contributed by atoms with Crippen molar-refractivity contribution in [1.29, 1.82) is 0 Å². The lowest BCUT2D eigenvalue weighted by Gasteiger charge is -2.09. The molecule has 0 bridgehead atoms. The minimum atomic E-state index is 0.318. The first-order valence-electron chi connectivity index (χ1n) is 8.46. The highest BCUT2D eigenvalue weighted by molar-refractivity contribution is 5.84. The standard InChI is InChI=1S/C17H23N7O2/c1-4-5-8-19-16-22-14(18)13-15(23-16)24(17(21-13)26-3)10-11-6-7-12(25-2)20-9-11/h6-7,9H,4-5,8,10H2,1-3H3,(H3,18,19,22,23). The Bertz CT molecular complexity index is 877. The van der Waals surface area contributed by atoms with E-state index in [-0.39, 0.29) is 0 Å². The second-order valence-corrected chi connectivity index (χ2v) is 5.78. The van der Waals surface area contributed by atoms with E-state index in [4.69, 9.17) is 15.2 Å². The summed E-state index contributed by atoms with van der Waals surface area (Å²) in [6.07, 6.45) is 3.86. The summed E-state index contributed by atoms with van der Waals surface area (Å²) in [7, 11) is 3.15. The van der Waals surface area contributed by atoms with Gasteiger partial charge in [-0.2, -0.15) is 15.0 Å². The molecule has 3 aromatic heterocycles. The molecule has 3 rings (SSSR count). The Kier molecular flexibility index (Phi) is 5.35. The van der Waals surface area contributed by atoms with Gasteiger partial charge in [0.1, 0.15) is 0 Å². The lowest BCUT2D eigenvalue weighted by atomic mass is 10.3. The zero-order chi connectivity index (χ0) is 18.5. The number of hydrogen-bond donors (Lipinski definition) is 2. The summed E-state index contributed by atoms with van der Waals surface area (Å²) in [6, 6.07) is 4.16. The molecule has 0 unspecified atom stereocenters. The molecule has 0 spiro atoms. The van der Waals surface area contributed by atoms with Crippen LogP contribution in [0.3, 0.4) is 0 Å². The fraction of sp³-hybridized carbons (Fsp3) is 0.412.